The molecular formula is C11H13BrF2O3. The van der Waals surface area contributed by atoms with Gasteiger partial charge in [-0.15, -0.1) is 0 Å². The van der Waals surface area contributed by atoms with Crippen molar-refractivity contribution in [3.05, 3.63) is 17.7 Å². The van der Waals surface area contributed by atoms with E-state index in [1.807, 2.05) is 0 Å². The molecule has 1 aromatic rings. The van der Waals surface area contributed by atoms with Crippen LogP contribution in [-0.2, 0) is 0 Å². The van der Waals surface area contributed by atoms with Crippen LogP contribution in [0.3, 0.4) is 0 Å². The zero-order chi connectivity index (χ0) is 13.0. The molecule has 6 heteroatoms. The molecule has 0 amide bonds. The fraction of sp³-hybridized carbons (Fsp3) is 0.455. The van der Waals surface area contributed by atoms with Crippen molar-refractivity contribution in [2.24, 2.45) is 0 Å². The van der Waals surface area contributed by atoms with Crippen molar-refractivity contribution < 1.29 is 23.0 Å². The number of ether oxygens (including phenoxy) is 3. The van der Waals surface area contributed by atoms with E-state index in [-0.39, 0.29) is 5.75 Å². The van der Waals surface area contributed by atoms with Gasteiger partial charge < -0.3 is 14.2 Å². The summed E-state index contributed by atoms with van der Waals surface area (Å²) in [5.41, 5.74) is 0.320. The fourth-order valence-corrected chi connectivity index (χ4v) is 1.84. The quantitative estimate of drug-likeness (QED) is 0.780. The predicted molar refractivity (Wildman–Crippen MR) is 63.8 cm³/mol. The molecule has 17 heavy (non-hydrogen) atoms. The molecule has 0 aromatic heterocycles. The molecule has 1 atom stereocenters. The van der Waals surface area contributed by atoms with E-state index >= 15 is 0 Å². The van der Waals surface area contributed by atoms with Crippen molar-refractivity contribution >= 4 is 15.9 Å². The molecule has 1 aromatic carbocycles. The number of hydrogen-bond donors (Lipinski definition) is 0. The van der Waals surface area contributed by atoms with E-state index in [1.165, 1.54) is 27.4 Å². The normalized spacial score (nSPS) is 12.4. The molecule has 1 rings (SSSR count). The van der Waals surface area contributed by atoms with Crippen LogP contribution in [0.5, 0.6) is 17.2 Å². The summed E-state index contributed by atoms with van der Waals surface area (Å²) >= 11 is 2.93. The monoisotopic (exact) mass is 310 g/mol. The van der Waals surface area contributed by atoms with Crippen LogP contribution >= 0.6 is 15.9 Å². The first-order valence-electron chi connectivity index (χ1n) is 4.77. The number of halogens is 3. The van der Waals surface area contributed by atoms with Crippen molar-refractivity contribution in [3.8, 4) is 17.2 Å². The van der Waals surface area contributed by atoms with Crippen LogP contribution in [0.15, 0.2) is 12.1 Å². The first kappa shape index (κ1) is 14.0. The van der Waals surface area contributed by atoms with Gasteiger partial charge in [-0.1, -0.05) is 22.0 Å². The summed E-state index contributed by atoms with van der Waals surface area (Å²) < 4.78 is 40.6. The summed E-state index contributed by atoms with van der Waals surface area (Å²) in [5, 5.41) is 0. The van der Waals surface area contributed by atoms with Crippen LogP contribution in [0, 0.1) is 0 Å². The summed E-state index contributed by atoms with van der Waals surface area (Å²) in [6.45, 7) is 0. The van der Waals surface area contributed by atoms with Gasteiger partial charge in [0.25, 0.3) is 6.43 Å². The summed E-state index contributed by atoms with van der Waals surface area (Å²) in [5.74, 6) is 0.980. The van der Waals surface area contributed by atoms with Crippen molar-refractivity contribution in [1.82, 2.24) is 0 Å². The van der Waals surface area contributed by atoms with Gasteiger partial charge in [0.05, 0.1) is 21.3 Å². The molecule has 0 heterocycles. The fourth-order valence-electron chi connectivity index (χ4n) is 1.48. The Bertz CT molecular complexity index is 385. The smallest absolute Gasteiger partial charge is 0.255 e. The van der Waals surface area contributed by atoms with Crippen LogP contribution in [0.2, 0.25) is 0 Å². The van der Waals surface area contributed by atoms with E-state index in [0.29, 0.717) is 17.1 Å². The molecule has 0 saturated heterocycles. The second-order valence-electron chi connectivity index (χ2n) is 3.16. The van der Waals surface area contributed by atoms with Crippen molar-refractivity contribution in [2.45, 2.75) is 11.3 Å². The molecule has 0 aliphatic rings. The number of hydrogen-bond acceptors (Lipinski definition) is 3. The second-order valence-corrected chi connectivity index (χ2v) is 4.15. The van der Waals surface area contributed by atoms with E-state index in [1.54, 1.807) is 6.07 Å². The Morgan fingerprint density at radius 1 is 1.00 bits per heavy atom. The van der Waals surface area contributed by atoms with Crippen molar-refractivity contribution in [2.75, 3.05) is 21.3 Å². The van der Waals surface area contributed by atoms with Gasteiger partial charge in [-0.05, 0) is 6.07 Å². The highest BCUT2D eigenvalue weighted by molar-refractivity contribution is 9.09. The lowest BCUT2D eigenvalue weighted by molar-refractivity contribution is 0.146. The van der Waals surface area contributed by atoms with Gasteiger partial charge >= 0.3 is 0 Å². The standard InChI is InChI=1S/C11H13BrF2O3/c1-15-7-5-4-6(8(12)11(13)14)9(16-2)10(7)17-3/h4-5,8,11H,1-3H3. The molecule has 3 nitrogen and oxygen atoms in total. The minimum atomic E-state index is -2.54. The number of methoxy groups -OCH3 is 3. The Morgan fingerprint density at radius 3 is 2.00 bits per heavy atom. The lowest BCUT2D eigenvalue weighted by Crippen LogP contribution is -2.05. The van der Waals surface area contributed by atoms with E-state index in [0.717, 1.165) is 0 Å². The first-order valence-corrected chi connectivity index (χ1v) is 5.69. The maximum atomic E-state index is 12.7. The largest absolute Gasteiger partial charge is 0.493 e. The molecular weight excluding hydrogens is 298 g/mol. The zero-order valence-corrected chi connectivity index (χ0v) is 11.3. The number of alkyl halides is 3. The van der Waals surface area contributed by atoms with Crippen molar-refractivity contribution in [1.29, 1.82) is 0 Å². The summed E-state index contributed by atoms with van der Waals surface area (Å²) in [4.78, 5) is -1.11. The van der Waals surface area contributed by atoms with Crippen LogP contribution < -0.4 is 14.2 Å². The lowest BCUT2D eigenvalue weighted by atomic mass is 10.1. The van der Waals surface area contributed by atoms with Crippen LogP contribution in [-0.4, -0.2) is 27.8 Å². The first-order chi connectivity index (χ1) is 8.06. The molecule has 0 aliphatic carbocycles. The number of benzene rings is 1. The lowest BCUT2D eigenvalue weighted by Gasteiger charge is -2.18. The maximum Gasteiger partial charge on any atom is 0.255 e. The molecule has 0 aliphatic heterocycles. The molecule has 0 N–H and O–H groups in total. The molecule has 1 unspecified atom stereocenters. The summed E-state index contributed by atoms with van der Waals surface area (Å²) in [6.07, 6.45) is -2.54. The topological polar surface area (TPSA) is 27.7 Å². The highest BCUT2D eigenvalue weighted by Gasteiger charge is 2.26. The van der Waals surface area contributed by atoms with E-state index < -0.39 is 11.3 Å². The van der Waals surface area contributed by atoms with Crippen LogP contribution in [0.25, 0.3) is 0 Å². The minimum absolute atomic E-state index is 0.244. The van der Waals surface area contributed by atoms with Crippen molar-refractivity contribution in [3.63, 3.8) is 0 Å². The minimum Gasteiger partial charge on any atom is -0.493 e. The van der Waals surface area contributed by atoms with Crippen LogP contribution in [0.4, 0.5) is 8.78 Å². The Kier molecular flexibility index (Phi) is 4.99. The molecule has 0 radical (unpaired) electrons. The molecule has 0 saturated carbocycles. The van der Waals surface area contributed by atoms with Gasteiger partial charge in [-0.25, -0.2) is 8.78 Å². The Hall–Kier alpha value is -1.04. The average molecular weight is 311 g/mol. The van der Waals surface area contributed by atoms with Gasteiger partial charge in [0, 0.05) is 5.56 Å². The summed E-state index contributed by atoms with van der Waals surface area (Å²) in [7, 11) is 4.29. The van der Waals surface area contributed by atoms with E-state index in [9.17, 15) is 8.78 Å². The Labute approximate surface area is 107 Å². The number of rotatable bonds is 5. The van der Waals surface area contributed by atoms with Gasteiger partial charge in [0.15, 0.2) is 11.5 Å². The summed E-state index contributed by atoms with van der Waals surface area (Å²) in [6, 6.07) is 3.08. The molecule has 96 valence electrons. The second kappa shape index (κ2) is 6.05. The zero-order valence-electron chi connectivity index (χ0n) is 9.67. The van der Waals surface area contributed by atoms with E-state index in [2.05, 4.69) is 15.9 Å². The van der Waals surface area contributed by atoms with Gasteiger partial charge in [0.1, 0.15) is 4.83 Å². The van der Waals surface area contributed by atoms with Gasteiger partial charge in [-0.3, -0.25) is 0 Å². The molecule has 0 fully saturated rings. The molecule has 0 bridgehead atoms. The van der Waals surface area contributed by atoms with Gasteiger partial charge in [-0.2, -0.15) is 0 Å². The third-order valence-corrected chi connectivity index (χ3v) is 3.15. The SMILES string of the molecule is COc1ccc(C(Br)C(F)F)c(OC)c1OC. The third-order valence-electron chi connectivity index (χ3n) is 2.25. The maximum absolute atomic E-state index is 12.7. The van der Waals surface area contributed by atoms with E-state index in [4.69, 9.17) is 14.2 Å². The Morgan fingerprint density at radius 2 is 1.59 bits per heavy atom. The molecule has 0 spiro atoms. The van der Waals surface area contributed by atoms with Crippen LogP contribution in [0.1, 0.15) is 10.4 Å². The predicted octanol–water partition coefficient (Wildman–Crippen LogP) is 3.41. The highest BCUT2D eigenvalue weighted by Crippen LogP contribution is 2.45. The Balaban J connectivity index is 3.32. The third kappa shape index (κ3) is 2.80. The highest BCUT2D eigenvalue weighted by atomic mass is 79.9. The van der Waals surface area contributed by atoms with Gasteiger partial charge in [0.2, 0.25) is 5.75 Å². The average Bonchev–Trinajstić information content (AvgIpc) is 2.35.